The summed E-state index contributed by atoms with van der Waals surface area (Å²) in [4.78, 5) is 13.1. The zero-order valence-electron chi connectivity index (χ0n) is 22.4. The summed E-state index contributed by atoms with van der Waals surface area (Å²) in [5.41, 5.74) is -0.761. The van der Waals surface area contributed by atoms with Crippen molar-refractivity contribution in [1.82, 2.24) is 10.4 Å². The molecule has 4 nitrogen and oxygen atoms in total. The topological polar surface area (TPSA) is 52.6 Å². The van der Waals surface area contributed by atoms with Crippen molar-refractivity contribution in [3.63, 3.8) is 0 Å². The van der Waals surface area contributed by atoms with Gasteiger partial charge >= 0.3 is 0 Å². The fourth-order valence-corrected chi connectivity index (χ4v) is 10.4. The maximum Gasteiger partial charge on any atom is 0.220 e. The molecule has 0 bridgehead atoms. The molecule has 0 radical (unpaired) electrons. The van der Waals surface area contributed by atoms with E-state index in [1.54, 1.807) is 0 Å². The van der Waals surface area contributed by atoms with Crippen LogP contribution in [0.4, 0.5) is 0 Å². The van der Waals surface area contributed by atoms with E-state index >= 15 is 0 Å². The van der Waals surface area contributed by atoms with E-state index in [9.17, 15) is 10.0 Å². The molecule has 0 aromatic heterocycles. The summed E-state index contributed by atoms with van der Waals surface area (Å²) in [5, 5.41) is 19.4. The molecule has 1 heterocycles. The highest BCUT2D eigenvalue weighted by Crippen LogP contribution is 2.55. The third kappa shape index (κ3) is 6.52. The summed E-state index contributed by atoms with van der Waals surface area (Å²) in [6, 6.07) is 32.5. The van der Waals surface area contributed by atoms with Crippen LogP contribution in [0.25, 0.3) is 0 Å². The zero-order chi connectivity index (χ0) is 25.8. The molecule has 1 amide bonds. The fourth-order valence-electron chi connectivity index (χ4n) is 6.03. The van der Waals surface area contributed by atoms with Gasteiger partial charge in [-0.3, -0.25) is 4.79 Å². The minimum Gasteiger partial charge on any atom is -1.00 e. The van der Waals surface area contributed by atoms with Crippen LogP contribution in [0.3, 0.4) is 0 Å². The SMILES string of the molecule is CC1(C)CC(NC(=O)CCC[P+](c2ccccc2)(c2ccccc2)c2ccccc2)CC(C)(C)N1O.[Br-]. The highest BCUT2D eigenvalue weighted by Gasteiger charge is 2.46. The number of hydroxylamine groups is 2. The summed E-state index contributed by atoms with van der Waals surface area (Å²) in [6.45, 7) is 8.13. The number of piperidine rings is 1. The predicted molar refractivity (Wildman–Crippen MR) is 152 cm³/mol. The van der Waals surface area contributed by atoms with Gasteiger partial charge in [-0.25, -0.2) is 0 Å². The number of hydrogen-bond donors (Lipinski definition) is 2. The van der Waals surface area contributed by atoms with Crippen LogP contribution < -0.4 is 38.2 Å². The number of benzene rings is 3. The van der Waals surface area contributed by atoms with Gasteiger partial charge in [0.05, 0.1) is 6.16 Å². The molecular weight excluding hydrogens is 543 g/mol. The molecule has 1 fully saturated rings. The predicted octanol–water partition coefficient (Wildman–Crippen LogP) is 2.29. The normalized spacial score (nSPS) is 17.5. The van der Waals surface area contributed by atoms with Gasteiger partial charge < -0.3 is 27.5 Å². The van der Waals surface area contributed by atoms with E-state index in [1.165, 1.54) is 21.0 Å². The van der Waals surface area contributed by atoms with Crippen LogP contribution in [0.2, 0.25) is 0 Å². The molecule has 1 saturated heterocycles. The summed E-state index contributed by atoms with van der Waals surface area (Å²) >= 11 is 0. The highest BCUT2D eigenvalue weighted by molar-refractivity contribution is 7.95. The molecule has 198 valence electrons. The average Bonchev–Trinajstić information content (AvgIpc) is 2.86. The summed E-state index contributed by atoms with van der Waals surface area (Å²) in [6.07, 6.45) is 3.70. The van der Waals surface area contributed by atoms with Crippen molar-refractivity contribution in [3.8, 4) is 0 Å². The van der Waals surface area contributed by atoms with E-state index in [-0.39, 0.29) is 40.0 Å². The molecule has 0 aliphatic carbocycles. The second-order valence-corrected chi connectivity index (χ2v) is 14.9. The molecule has 3 aromatic carbocycles. The number of nitrogens with zero attached hydrogens (tertiary/aromatic N) is 1. The lowest BCUT2D eigenvalue weighted by Crippen LogP contribution is -3.00. The van der Waals surface area contributed by atoms with Crippen molar-refractivity contribution in [3.05, 3.63) is 91.0 Å². The number of carbonyl (C=O) groups excluding carboxylic acids is 1. The molecule has 2 N–H and O–H groups in total. The first-order valence-corrected chi connectivity index (χ1v) is 15.0. The first-order chi connectivity index (χ1) is 17.1. The molecule has 0 unspecified atom stereocenters. The van der Waals surface area contributed by atoms with Crippen molar-refractivity contribution < 1.29 is 27.0 Å². The smallest absolute Gasteiger partial charge is 0.220 e. The Labute approximate surface area is 233 Å². The number of nitrogens with one attached hydrogen (secondary N) is 1. The van der Waals surface area contributed by atoms with Crippen LogP contribution in [-0.4, -0.2) is 39.5 Å². The van der Waals surface area contributed by atoms with Crippen LogP contribution >= 0.6 is 7.26 Å². The first kappa shape index (κ1) is 29.5. The van der Waals surface area contributed by atoms with Crippen LogP contribution in [0.1, 0.15) is 53.4 Å². The van der Waals surface area contributed by atoms with Gasteiger partial charge in [0, 0.05) is 23.5 Å². The summed E-state index contributed by atoms with van der Waals surface area (Å²) in [7, 11) is -1.92. The molecule has 1 aliphatic rings. The van der Waals surface area contributed by atoms with E-state index in [0.717, 1.165) is 25.4 Å². The van der Waals surface area contributed by atoms with Crippen molar-refractivity contribution >= 4 is 29.1 Å². The Morgan fingerprint density at radius 2 is 1.19 bits per heavy atom. The molecule has 6 heteroatoms. The Bertz CT molecular complexity index is 1020. The van der Waals surface area contributed by atoms with Crippen molar-refractivity contribution in [2.45, 2.75) is 70.5 Å². The van der Waals surface area contributed by atoms with Crippen molar-refractivity contribution in [2.75, 3.05) is 6.16 Å². The molecule has 0 atom stereocenters. The second kappa shape index (κ2) is 12.2. The Hall–Kier alpha value is -2.04. The number of hydrogen-bond acceptors (Lipinski definition) is 3. The number of halogens is 1. The van der Waals surface area contributed by atoms with Gasteiger partial charge in [-0.1, -0.05) is 54.6 Å². The first-order valence-electron chi connectivity index (χ1n) is 13.0. The largest absolute Gasteiger partial charge is 1.00 e. The summed E-state index contributed by atoms with van der Waals surface area (Å²) < 4.78 is 0. The minimum absolute atomic E-state index is 0. The van der Waals surface area contributed by atoms with E-state index in [2.05, 4.69) is 96.3 Å². The Kier molecular flexibility index (Phi) is 9.74. The van der Waals surface area contributed by atoms with Crippen LogP contribution in [0.15, 0.2) is 91.0 Å². The standard InChI is InChI=1S/C31H39N2O2P.BrH/c1-30(2)23-25(24-31(3,4)33(30)35)32-29(34)21-14-22-36(26-15-8-5-9-16-26,27-17-10-6-11-18-27)28-19-12-7-13-20-28;/h5-13,15-20,25,35H,14,21-24H2,1-4H3;1H. The van der Waals surface area contributed by atoms with Gasteiger partial charge in [0.25, 0.3) is 0 Å². The molecule has 1 aliphatic heterocycles. The van der Waals surface area contributed by atoms with Gasteiger partial charge in [0.1, 0.15) is 23.2 Å². The molecule has 37 heavy (non-hydrogen) atoms. The Balaban J connectivity index is 0.00000380. The number of carbonyl (C=O) groups is 1. The minimum atomic E-state index is -1.92. The van der Waals surface area contributed by atoms with Crippen LogP contribution in [0.5, 0.6) is 0 Å². The monoisotopic (exact) mass is 582 g/mol. The van der Waals surface area contributed by atoms with Crippen LogP contribution in [0, 0.1) is 0 Å². The van der Waals surface area contributed by atoms with E-state index < -0.39 is 7.26 Å². The quantitative estimate of drug-likeness (QED) is 0.401. The zero-order valence-corrected chi connectivity index (χ0v) is 24.9. The van der Waals surface area contributed by atoms with Gasteiger partial charge in [-0.05, 0) is 83.4 Å². The summed E-state index contributed by atoms with van der Waals surface area (Å²) in [5.74, 6) is 0.102. The van der Waals surface area contributed by atoms with E-state index in [4.69, 9.17) is 0 Å². The van der Waals surface area contributed by atoms with Gasteiger partial charge in [-0.15, -0.1) is 0 Å². The maximum absolute atomic E-state index is 13.1. The molecular formula is C31H40BrN2O2P. The molecule has 0 saturated carbocycles. The lowest BCUT2D eigenvalue weighted by molar-refractivity contribution is -0.246. The van der Waals surface area contributed by atoms with Gasteiger partial charge in [0.2, 0.25) is 5.91 Å². The van der Waals surface area contributed by atoms with E-state index in [0.29, 0.717) is 6.42 Å². The van der Waals surface area contributed by atoms with Gasteiger partial charge in [0.15, 0.2) is 0 Å². The third-order valence-corrected chi connectivity index (χ3v) is 12.0. The molecule has 0 spiro atoms. The van der Waals surface area contributed by atoms with Gasteiger partial charge in [-0.2, -0.15) is 5.06 Å². The number of amides is 1. The number of rotatable bonds is 8. The van der Waals surface area contributed by atoms with Crippen molar-refractivity contribution in [2.24, 2.45) is 0 Å². The average molecular weight is 584 g/mol. The Morgan fingerprint density at radius 1 is 0.811 bits per heavy atom. The fraction of sp³-hybridized carbons (Fsp3) is 0.387. The highest BCUT2D eigenvalue weighted by atomic mass is 79.9. The third-order valence-electron chi connectivity index (χ3n) is 7.49. The van der Waals surface area contributed by atoms with Crippen molar-refractivity contribution in [1.29, 1.82) is 0 Å². The lowest BCUT2D eigenvalue weighted by Gasteiger charge is -2.51. The van der Waals surface area contributed by atoms with E-state index in [1.807, 2.05) is 27.7 Å². The Morgan fingerprint density at radius 3 is 1.57 bits per heavy atom. The maximum atomic E-state index is 13.1. The molecule has 4 rings (SSSR count). The molecule has 3 aromatic rings. The van der Waals surface area contributed by atoms with Crippen LogP contribution in [-0.2, 0) is 4.79 Å². The lowest BCUT2D eigenvalue weighted by atomic mass is 9.79. The second-order valence-electron chi connectivity index (χ2n) is 11.3.